The summed E-state index contributed by atoms with van der Waals surface area (Å²) in [6, 6.07) is 95.5. The molecule has 0 spiro atoms. The van der Waals surface area contributed by atoms with Crippen LogP contribution in [0.4, 0.5) is 0 Å². The molecule has 0 amide bonds. The number of benzene rings is 12. The van der Waals surface area contributed by atoms with Gasteiger partial charge >= 0.3 is 17.9 Å². The summed E-state index contributed by atoms with van der Waals surface area (Å²) in [5, 5.41) is 0. The third-order valence-corrected chi connectivity index (χ3v) is 17.6. The van der Waals surface area contributed by atoms with E-state index in [-0.39, 0.29) is 128 Å². The molecule has 13 rings (SSSR count). The summed E-state index contributed by atoms with van der Waals surface area (Å²) in [4.78, 5) is 45.7. The lowest BCUT2D eigenvalue weighted by atomic mass is 9.99. The monoisotopic (exact) mass is 1460 g/mol. The largest absolute Gasteiger partial charge is 0.485 e. The Morgan fingerprint density at radius 1 is 0.275 bits per heavy atom. The zero-order valence-corrected chi connectivity index (χ0v) is 60.4. The molecule has 109 heavy (non-hydrogen) atoms. The third-order valence-electron chi connectivity index (χ3n) is 17.6. The second-order valence-electron chi connectivity index (χ2n) is 26.3. The number of hydrogen-bond donors (Lipinski definition) is 0. The van der Waals surface area contributed by atoms with Gasteiger partial charge < -0.3 is 66.3 Å². The lowest BCUT2D eigenvalue weighted by Crippen LogP contribution is -2.51. The van der Waals surface area contributed by atoms with Crippen LogP contribution in [0.25, 0.3) is 0 Å². The van der Waals surface area contributed by atoms with Gasteiger partial charge in [0, 0.05) is 0 Å². The van der Waals surface area contributed by atoms with Crippen LogP contribution in [0.1, 0.15) is 95.0 Å². The van der Waals surface area contributed by atoms with Crippen LogP contribution in [0.15, 0.2) is 309 Å². The van der Waals surface area contributed by atoms with E-state index in [1.165, 1.54) is 36.4 Å². The molecule has 1 aliphatic heterocycles. The first-order chi connectivity index (χ1) is 53.4. The molecule has 1 saturated heterocycles. The first-order valence-corrected chi connectivity index (χ1v) is 35.9. The van der Waals surface area contributed by atoms with Crippen LogP contribution >= 0.6 is 0 Å². The minimum atomic E-state index is -1.94. The number of esters is 3. The van der Waals surface area contributed by atoms with Crippen molar-refractivity contribution in [2.45, 2.75) is 90.8 Å². The van der Waals surface area contributed by atoms with Crippen molar-refractivity contribution in [1.29, 1.82) is 0 Å². The number of ether oxygens (including phenoxy) is 14. The average molecular weight is 1460 g/mol. The number of hydrogen-bond acceptors (Lipinski definition) is 17. The molecule has 0 saturated carbocycles. The van der Waals surface area contributed by atoms with Gasteiger partial charge in [0.05, 0.1) is 16.7 Å². The maximum absolute atomic E-state index is 15.3. The Morgan fingerprint density at radius 2 is 0.468 bits per heavy atom. The molecule has 0 radical (unpaired) electrons. The Hall–Kier alpha value is -12.8. The molecule has 1 heterocycles. The van der Waals surface area contributed by atoms with E-state index >= 15 is 14.4 Å². The van der Waals surface area contributed by atoms with Crippen LogP contribution in [0.2, 0.25) is 0 Å². The van der Waals surface area contributed by atoms with Crippen molar-refractivity contribution in [1.82, 2.24) is 0 Å². The second-order valence-corrected chi connectivity index (χ2v) is 26.3. The Bertz CT molecular complexity index is 4490. The molecule has 17 nitrogen and oxygen atoms in total. The molecule has 552 valence electrons. The molecule has 12 aromatic rings. The quantitative estimate of drug-likeness (QED) is 0.0267. The van der Waals surface area contributed by atoms with Gasteiger partial charge in [-0.2, -0.15) is 0 Å². The van der Waals surface area contributed by atoms with Crippen LogP contribution in [0.3, 0.4) is 0 Å². The van der Waals surface area contributed by atoms with E-state index in [9.17, 15) is 0 Å². The van der Waals surface area contributed by atoms with Crippen LogP contribution in [-0.2, 0) is 83.1 Å². The highest BCUT2D eigenvalue weighted by Gasteiger charge is 2.56. The number of rotatable bonds is 36. The van der Waals surface area contributed by atoms with Gasteiger partial charge in [-0.1, -0.05) is 273 Å². The Labute approximate surface area is 633 Å². The minimum absolute atomic E-state index is 0.00103. The van der Waals surface area contributed by atoms with Crippen LogP contribution in [0, 0.1) is 0 Å². The molecular weight excluding hydrogens is 1380 g/mol. The van der Waals surface area contributed by atoms with Gasteiger partial charge in [0.2, 0.25) is 17.2 Å². The van der Waals surface area contributed by atoms with Crippen molar-refractivity contribution in [2.75, 3.05) is 19.8 Å². The molecule has 0 aliphatic carbocycles. The third kappa shape index (κ3) is 21.0. The van der Waals surface area contributed by atoms with Gasteiger partial charge in [-0.3, -0.25) is 0 Å². The lowest BCUT2D eigenvalue weighted by molar-refractivity contribution is -0.179. The first kappa shape index (κ1) is 74.4. The molecule has 1 fully saturated rings. The van der Waals surface area contributed by atoms with E-state index in [2.05, 4.69) is 0 Å². The summed E-state index contributed by atoms with van der Waals surface area (Å²) in [6.45, 7) is 2.43. The summed E-state index contributed by atoms with van der Waals surface area (Å²) in [7, 11) is 0. The standard InChI is InChI=1S/C92H82O17/c1-91(2)108-84(63-105-88(93)75-48-78(96-54-66-30-12-3-13-31-66)85(102-60-72-42-24-9-25-43-72)79(49-75)97-55-67-32-14-4-15-33-67)92(109-91,64-106-89(94)76-50-80(98-56-68-34-16-5-17-35-68)86(103-61-73-44-26-10-27-45-73)81(51-76)99-57-69-36-18-6-19-37-69)65-107-90(95)77-52-82(100-58-70-38-20-7-21-39-70)87(104-62-74-46-28-11-29-47-74)83(53-77)101-59-71-40-22-8-23-41-71/h3-53,84H,54-65H2,1-2H3. The summed E-state index contributed by atoms with van der Waals surface area (Å²) >= 11 is 0. The van der Waals surface area contributed by atoms with Gasteiger partial charge in [0.25, 0.3) is 0 Å². The van der Waals surface area contributed by atoms with Crippen LogP contribution < -0.4 is 42.6 Å². The average Bonchev–Trinajstić information content (AvgIpc) is 1.62. The Kier molecular flexibility index (Phi) is 25.2. The van der Waals surface area contributed by atoms with Gasteiger partial charge in [-0.15, -0.1) is 0 Å². The predicted molar refractivity (Wildman–Crippen MR) is 410 cm³/mol. The van der Waals surface area contributed by atoms with E-state index in [4.69, 9.17) is 66.3 Å². The molecule has 12 aromatic carbocycles. The zero-order valence-electron chi connectivity index (χ0n) is 60.4. The Morgan fingerprint density at radius 3 is 0.679 bits per heavy atom. The predicted octanol–water partition coefficient (Wildman–Crippen LogP) is 18.7. The van der Waals surface area contributed by atoms with Crippen molar-refractivity contribution in [3.05, 3.63) is 376 Å². The molecule has 17 heteroatoms. The Balaban J connectivity index is 0.858. The number of carbonyl (C=O) groups excluding carboxylic acids is 3. The fraction of sp³-hybridized carbons (Fsp3) is 0.185. The molecular formula is C92H82O17. The maximum atomic E-state index is 15.3. The first-order valence-electron chi connectivity index (χ1n) is 35.9. The van der Waals surface area contributed by atoms with Crippen molar-refractivity contribution >= 4 is 17.9 Å². The highest BCUT2D eigenvalue weighted by Crippen LogP contribution is 2.45. The molecule has 1 unspecified atom stereocenters. The molecule has 0 aromatic heterocycles. The lowest BCUT2D eigenvalue weighted by Gasteiger charge is -2.32. The fourth-order valence-corrected chi connectivity index (χ4v) is 12.0. The van der Waals surface area contributed by atoms with E-state index in [1.807, 2.05) is 273 Å². The minimum Gasteiger partial charge on any atom is -0.485 e. The summed E-state index contributed by atoms with van der Waals surface area (Å²) in [5.41, 5.74) is 5.80. The molecule has 0 bridgehead atoms. The summed E-state index contributed by atoms with van der Waals surface area (Å²) in [6.07, 6.45) is -1.32. The van der Waals surface area contributed by atoms with Crippen molar-refractivity contribution < 1.29 is 80.7 Å². The van der Waals surface area contributed by atoms with Crippen LogP contribution in [0.5, 0.6) is 51.7 Å². The van der Waals surface area contributed by atoms with Gasteiger partial charge in [-0.25, -0.2) is 14.4 Å². The number of carbonyl (C=O) groups is 3. The second kappa shape index (κ2) is 36.9. The highest BCUT2D eigenvalue weighted by molar-refractivity contribution is 5.93. The van der Waals surface area contributed by atoms with Gasteiger partial charge in [0.1, 0.15) is 85.4 Å². The van der Waals surface area contributed by atoms with Crippen molar-refractivity contribution in [3.8, 4) is 51.7 Å². The maximum Gasteiger partial charge on any atom is 0.338 e. The fourth-order valence-electron chi connectivity index (χ4n) is 12.0. The summed E-state index contributed by atoms with van der Waals surface area (Å²) in [5.74, 6) is -2.23. The van der Waals surface area contributed by atoms with E-state index in [0.29, 0.717) is 0 Å². The van der Waals surface area contributed by atoms with E-state index in [1.54, 1.807) is 13.8 Å². The smallest absolute Gasteiger partial charge is 0.338 e. The van der Waals surface area contributed by atoms with Crippen LogP contribution in [-0.4, -0.2) is 55.2 Å². The van der Waals surface area contributed by atoms with Crippen molar-refractivity contribution in [3.63, 3.8) is 0 Å². The van der Waals surface area contributed by atoms with E-state index in [0.717, 1.165) is 50.1 Å². The highest BCUT2D eigenvalue weighted by atomic mass is 16.8. The summed E-state index contributed by atoms with van der Waals surface area (Å²) < 4.78 is 91.9. The normalized spacial score (nSPS) is 13.2. The molecule has 1 aliphatic rings. The van der Waals surface area contributed by atoms with Crippen molar-refractivity contribution in [2.24, 2.45) is 0 Å². The van der Waals surface area contributed by atoms with Gasteiger partial charge in [0.15, 0.2) is 45.9 Å². The topological polar surface area (TPSA) is 180 Å². The molecule has 1 atom stereocenters. The van der Waals surface area contributed by atoms with E-state index < -0.39 is 55.2 Å². The molecule has 0 N–H and O–H groups in total. The zero-order chi connectivity index (χ0) is 74.9. The SMILES string of the molecule is CC1(C)OC(COC(=O)c2cc(OCc3ccccc3)c(OCc3ccccc3)c(OCc3ccccc3)c2)C(COC(=O)c2cc(OCc3ccccc3)c(OCc3ccccc3)c(OCc3ccccc3)c2)(COC(=O)c2cc(OCc3ccccc3)c(OCc3ccccc3)c(OCc3ccccc3)c2)O1. The van der Waals surface area contributed by atoms with Gasteiger partial charge in [-0.05, 0) is 100 Å².